The zero-order valence-electron chi connectivity index (χ0n) is 8.27. The van der Waals surface area contributed by atoms with Crippen molar-refractivity contribution < 1.29 is 13.9 Å². The molecule has 1 aromatic heterocycles. The van der Waals surface area contributed by atoms with Crippen LogP contribution in [0.25, 0.3) is 0 Å². The van der Waals surface area contributed by atoms with Crippen molar-refractivity contribution in [2.24, 2.45) is 0 Å². The highest BCUT2D eigenvalue weighted by Gasteiger charge is 2.28. The van der Waals surface area contributed by atoms with Gasteiger partial charge < -0.3 is 9.52 Å². The number of rotatable bonds is 2. The third kappa shape index (κ3) is 1.78. The van der Waals surface area contributed by atoms with E-state index in [4.69, 9.17) is 4.42 Å². The van der Waals surface area contributed by atoms with Gasteiger partial charge in [-0.05, 0) is 36.8 Å². The number of halogens is 1. The molecule has 1 aromatic carbocycles. The molecule has 0 saturated carbocycles. The maximum absolute atomic E-state index is 12.7. The molecule has 0 bridgehead atoms. The molecule has 0 fully saturated rings. The lowest BCUT2D eigenvalue weighted by Gasteiger charge is -2.21. The topological polar surface area (TPSA) is 33.4 Å². The second kappa shape index (κ2) is 3.51. The maximum Gasteiger partial charge on any atom is 0.144 e. The summed E-state index contributed by atoms with van der Waals surface area (Å²) in [5.41, 5.74) is -0.629. The monoisotopic (exact) mass is 206 g/mol. The van der Waals surface area contributed by atoms with E-state index in [0.29, 0.717) is 11.3 Å². The molecule has 0 aliphatic heterocycles. The third-order valence-electron chi connectivity index (χ3n) is 2.41. The molecule has 0 aliphatic rings. The minimum absolute atomic E-state index is 0.325. The fraction of sp³-hybridized carbons (Fsp3) is 0.167. The molecule has 0 unspecified atom stereocenters. The lowest BCUT2D eigenvalue weighted by Crippen LogP contribution is -2.21. The van der Waals surface area contributed by atoms with Gasteiger partial charge in [0.25, 0.3) is 0 Å². The maximum atomic E-state index is 12.7. The standard InChI is InChI=1S/C12H11FO2/c1-12(14,11-3-2-8-15-11)9-4-6-10(13)7-5-9/h2-8,14H,1H3/t12-/m1/s1. The molecule has 0 amide bonds. The van der Waals surface area contributed by atoms with Gasteiger partial charge in [-0.1, -0.05) is 12.1 Å². The van der Waals surface area contributed by atoms with E-state index >= 15 is 0 Å². The van der Waals surface area contributed by atoms with Gasteiger partial charge in [0.15, 0.2) is 0 Å². The zero-order valence-corrected chi connectivity index (χ0v) is 8.27. The first kappa shape index (κ1) is 9.93. The van der Waals surface area contributed by atoms with Gasteiger partial charge in [-0.25, -0.2) is 4.39 Å². The fourth-order valence-corrected chi connectivity index (χ4v) is 1.47. The number of hydrogen-bond acceptors (Lipinski definition) is 2. The molecule has 1 heterocycles. The molecule has 2 rings (SSSR count). The average Bonchev–Trinajstić information content (AvgIpc) is 2.71. The van der Waals surface area contributed by atoms with Crippen molar-refractivity contribution in [2.45, 2.75) is 12.5 Å². The smallest absolute Gasteiger partial charge is 0.144 e. The van der Waals surface area contributed by atoms with Crippen LogP contribution >= 0.6 is 0 Å². The first-order valence-corrected chi connectivity index (χ1v) is 4.63. The molecule has 0 radical (unpaired) electrons. The van der Waals surface area contributed by atoms with Crippen LogP contribution in [-0.4, -0.2) is 5.11 Å². The Morgan fingerprint density at radius 3 is 2.40 bits per heavy atom. The normalized spacial score (nSPS) is 14.9. The predicted molar refractivity (Wildman–Crippen MR) is 53.8 cm³/mol. The molecule has 1 atom stereocenters. The third-order valence-corrected chi connectivity index (χ3v) is 2.41. The lowest BCUT2D eigenvalue weighted by atomic mass is 9.93. The molecule has 0 aliphatic carbocycles. The summed E-state index contributed by atoms with van der Waals surface area (Å²) >= 11 is 0. The van der Waals surface area contributed by atoms with Gasteiger partial charge in [-0.2, -0.15) is 0 Å². The van der Waals surface area contributed by atoms with Gasteiger partial charge in [0, 0.05) is 0 Å². The van der Waals surface area contributed by atoms with Crippen LogP contribution in [-0.2, 0) is 5.60 Å². The van der Waals surface area contributed by atoms with Gasteiger partial charge in [-0.3, -0.25) is 0 Å². The van der Waals surface area contributed by atoms with Crippen LogP contribution in [0.4, 0.5) is 4.39 Å². The summed E-state index contributed by atoms with van der Waals surface area (Å²) < 4.78 is 17.9. The first-order chi connectivity index (χ1) is 7.10. The Balaban J connectivity index is 2.41. The van der Waals surface area contributed by atoms with E-state index in [1.54, 1.807) is 19.1 Å². The number of aliphatic hydroxyl groups is 1. The molecule has 2 nitrogen and oxygen atoms in total. The molecular weight excluding hydrogens is 195 g/mol. The van der Waals surface area contributed by atoms with Crippen molar-refractivity contribution in [1.29, 1.82) is 0 Å². The van der Waals surface area contributed by atoms with Gasteiger partial charge >= 0.3 is 0 Å². The van der Waals surface area contributed by atoms with Crippen molar-refractivity contribution in [3.05, 3.63) is 59.8 Å². The first-order valence-electron chi connectivity index (χ1n) is 4.63. The largest absolute Gasteiger partial charge is 0.466 e. The Morgan fingerprint density at radius 1 is 1.20 bits per heavy atom. The van der Waals surface area contributed by atoms with Crippen molar-refractivity contribution in [3.63, 3.8) is 0 Å². The quantitative estimate of drug-likeness (QED) is 0.819. The van der Waals surface area contributed by atoms with Crippen molar-refractivity contribution in [2.75, 3.05) is 0 Å². The van der Waals surface area contributed by atoms with Crippen LogP contribution in [0, 0.1) is 5.82 Å². The summed E-state index contributed by atoms with van der Waals surface area (Å²) in [6.45, 7) is 1.61. The van der Waals surface area contributed by atoms with E-state index in [9.17, 15) is 9.50 Å². The van der Waals surface area contributed by atoms with Crippen LogP contribution in [0.1, 0.15) is 18.2 Å². The Labute approximate surface area is 87.0 Å². The van der Waals surface area contributed by atoms with Gasteiger partial charge in [0.1, 0.15) is 17.2 Å². The Bertz CT molecular complexity index is 429. The van der Waals surface area contributed by atoms with E-state index in [0.717, 1.165) is 0 Å². The molecule has 1 N–H and O–H groups in total. The minimum atomic E-state index is -1.23. The summed E-state index contributed by atoms with van der Waals surface area (Å²) in [5, 5.41) is 10.2. The Kier molecular flexibility index (Phi) is 2.32. The highest BCUT2D eigenvalue weighted by Crippen LogP contribution is 2.29. The molecule has 78 valence electrons. The Hall–Kier alpha value is -1.61. The van der Waals surface area contributed by atoms with E-state index in [-0.39, 0.29) is 5.82 Å². The molecule has 3 heteroatoms. The predicted octanol–water partition coefficient (Wildman–Crippen LogP) is 2.67. The van der Waals surface area contributed by atoms with Crippen molar-refractivity contribution in [3.8, 4) is 0 Å². The SMILES string of the molecule is C[C@@](O)(c1ccc(F)cc1)c1ccco1. The highest BCUT2D eigenvalue weighted by atomic mass is 19.1. The number of hydrogen-bond donors (Lipinski definition) is 1. The molecule has 0 spiro atoms. The molecule has 15 heavy (non-hydrogen) atoms. The van der Waals surface area contributed by atoms with Crippen LogP contribution in [0.5, 0.6) is 0 Å². The van der Waals surface area contributed by atoms with Gasteiger partial charge in [0.2, 0.25) is 0 Å². The van der Waals surface area contributed by atoms with Crippen molar-refractivity contribution >= 4 is 0 Å². The average molecular weight is 206 g/mol. The number of benzene rings is 1. The van der Waals surface area contributed by atoms with Crippen LogP contribution in [0.3, 0.4) is 0 Å². The Morgan fingerprint density at radius 2 is 1.87 bits per heavy atom. The summed E-state index contributed by atoms with van der Waals surface area (Å²) in [4.78, 5) is 0. The highest BCUT2D eigenvalue weighted by molar-refractivity contribution is 5.29. The fourth-order valence-electron chi connectivity index (χ4n) is 1.47. The van der Waals surface area contributed by atoms with Gasteiger partial charge in [-0.15, -0.1) is 0 Å². The summed E-state index contributed by atoms with van der Waals surface area (Å²) in [7, 11) is 0. The lowest BCUT2D eigenvalue weighted by molar-refractivity contribution is 0.0767. The van der Waals surface area contributed by atoms with Crippen LogP contribution < -0.4 is 0 Å². The molecular formula is C12H11FO2. The van der Waals surface area contributed by atoms with Crippen LogP contribution in [0.15, 0.2) is 47.1 Å². The summed E-state index contributed by atoms with van der Waals surface area (Å²) in [6.07, 6.45) is 1.49. The van der Waals surface area contributed by atoms with E-state index in [2.05, 4.69) is 0 Å². The zero-order chi connectivity index (χ0) is 10.9. The molecule has 0 saturated heterocycles. The van der Waals surface area contributed by atoms with E-state index < -0.39 is 5.60 Å². The second-order valence-electron chi connectivity index (χ2n) is 3.56. The van der Waals surface area contributed by atoms with Crippen LogP contribution in [0.2, 0.25) is 0 Å². The second-order valence-corrected chi connectivity index (χ2v) is 3.56. The van der Waals surface area contributed by atoms with E-state index in [1.165, 1.54) is 30.5 Å². The number of furan rings is 1. The minimum Gasteiger partial charge on any atom is -0.466 e. The van der Waals surface area contributed by atoms with E-state index in [1.807, 2.05) is 0 Å². The van der Waals surface area contributed by atoms with Crippen molar-refractivity contribution in [1.82, 2.24) is 0 Å². The summed E-state index contributed by atoms with van der Waals surface area (Å²) in [5.74, 6) is 0.114. The van der Waals surface area contributed by atoms with Gasteiger partial charge in [0.05, 0.1) is 6.26 Å². The molecule has 2 aromatic rings. The summed E-state index contributed by atoms with van der Waals surface area (Å²) in [6, 6.07) is 9.09.